The molecule has 7 heteroatoms. The Morgan fingerprint density at radius 3 is 1.94 bits per heavy atom. The zero-order valence-corrected chi connectivity index (χ0v) is 9.09. The summed E-state index contributed by atoms with van der Waals surface area (Å²) in [4.78, 5) is 10.3. The first kappa shape index (κ1) is 15.1. The molecule has 0 bridgehead atoms. The number of hydrogen-bond donors (Lipinski definition) is 2. The maximum absolute atomic E-state index is 10.3. The highest BCUT2D eigenvalue weighted by Gasteiger charge is 2.05. The van der Waals surface area contributed by atoms with E-state index in [4.69, 9.17) is 14.9 Å². The monoisotopic (exact) mass is 238 g/mol. The Bertz CT molecular complexity index is 148. The third kappa shape index (κ3) is 11.2. The molecule has 0 saturated carbocycles. The quantitative estimate of drug-likeness (QED) is 0.487. The van der Waals surface area contributed by atoms with Crippen LogP contribution in [0, 0.1) is 0 Å². The molecule has 0 amide bonds. The first-order chi connectivity index (χ1) is 7.81. The van der Waals surface area contributed by atoms with Gasteiger partial charge < -0.3 is 29.2 Å². The van der Waals surface area contributed by atoms with Gasteiger partial charge in [-0.05, 0) is 0 Å². The number of cyclic esters (lactones) is 2. The first-order valence-corrected chi connectivity index (χ1v) is 4.98. The molecule has 0 aliphatic carbocycles. The van der Waals surface area contributed by atoms with Crippen LogP contribution in [0.4, 0.5) is 4.79 Å². The minimum Gasteiger partial charge on any atom is -0.432 e. The average Bonchev–Trinajstić information content (AvgIpc) is 2.25. The van der Waals surface area contributed by atoms with Gasteiger partial charge in [0.05, 0.1) is 39.6 Å². The van der Waals surface area contributed by atoms with E-state index in [1.54, 1.807) is 0 Å². The minimum absolute atomic E-state index is 0.0278. The van der Waals surface area contributed by atoms with Crippen LogP contribution in [-0.2, 0) is 18.9 Å². The molecule has 0 radical (unpaired) electrons. The van der Waals surface area contributed by atoms with Gasteiger partial charge in [-0.15, -0.1) is 0 Å². The molecule has 1 aliphatic heterocycles. The smallest absolute Gasteiger partial charge is 0.432 e. The Morgan fingerprint density at radius 1 is 1.00 bits per heavy atom. The van der Waals surface area contributed by atoms with E-state index in [2.05, 4.69) is 14.2 Å². The van der Waals surface area contributed by atoms with Gasteiger partial charge in [0.25, 0.3) is 0 Å². The molecule has 1 saturated heterocycles. The van der Waals surface area contributed by atoms with Crippen molar-refractivity contribution in [3.63, 3.8) is 0 Å². The fraction of sp³-hybridized carbons (Fsp3) is 0.889. The Labute approximate surface area is 93.9 Å². The third-order valence-corrected chi connectivity index (χ3v) is 1.37. The molecule has 2 N–H and O–H groups in total. The summed E-state index contributed by atoms with van der Waals surface area (Å²) in [5, 5.41) is 16.2. The fourth-order valence-electron chi connectivity index (χ4n) is 0.743. The molecule has 7 nitrogen and oxygen atoms in total. The standard InChI is InChI=1S/C5H8O4.C4H10O3/c6-5-8-3-1-7-2-4-9-5;5-1-3-7-4-2-6/h1-4H2;5-6H,1-4H2. The number of aliphatic hydroxyl groups excluding tert-OH is 2. The van der Waals surface area contributed by atoms with Crippen molar-refractivity contribution < 1.29 is 34.0 Å². The SMILES string of the molecule is O=C1OCCOCCO1.OCCOCCO. The highest BCUT2D eigenvalue weighted by molar-refractivity contribution is 5.59. The molecule has 0 aromatic rings. The van der Waals surface area contributed by atoms with Crippen LogP contribution in [0.15, 0.2) is 0 Å². The van der Waals surface area contributed by atoms with E-state index < -0.39 is 6.16 Å². The van der Waals surface area contributed by atoms with Crippen LogP contribution < -0.4 is 0 Å². The topological polar surface area (TPSA) is 94.5 Å². The van der Waals surface area contributed by atoms with Gasteiger partial charge in [0.1, 0.15) is 13.2 Å². The number of hydrogen-bond acceptors (Lipinski definition) is 7. The predicted octanol–water partition coefficient (Wildman–Crippen LogP) is -0.843. The van der Waals surface area contributed by atoms with Gasteiger partial charge in [0, 0.05) is 0 Å². The molecular formula is C9H18O7. The van der Waals surface area contributed by atoms with Crippen molar-refractivity contribution in [2.75, 3.05) is 52.9 Å². The molecule has 0 aromatic carbocycles. The summed E-state index contributed by atoms with van der Waals surface area (Å²) in [6, 6.07) is 0. The average molecular weight is 238 g/mol. The van der Waals surface area contributed by atoms with E-state index in [1.807, 2.05) is 0 Å². The fourth-order valence-corrected chi connectivity index (χ4v) is 0.743. The van der Waals surface area contributed by atoms with E-state index in [-0.39, 0.29) is 13.2 Å². The van der Waals surface area contributed by atoms with Crippen molar-refractivity contribution >= 4 is 6.16 Å². The summed E-state index contributed by atoms with van der Waals surface area (Å²) in [6.07, 6.45) is -0.599. The zero-order valence-electron chi connectivity index (χ0n) is 9.09. The van der Waals surface area contributed by atoms with Crippen LogP contribution in [0.1, 0.15) is 0 Å². The van der Waals surface area contributed by atoms with Crippen LogP contribution in [0.2, 0.25) is 0 Å². The molecular weight excluding hydrogens is 220 g/mol. The number of aliphatic hydroxyl groups is 2. The van der Waals surface area contributed by atoms with E-state index in [0.29, 0.717) is 39.6 Å². The summed E-state index contributed by atoms with van der Waals surface area (Å²) in [6.45, 7) is 2.21. The Hall–Kier alpha value is -0.890. The van der Waals surface area contributed by atoms with Gasteiger partial charge >= 0.3 is 6.16 Å². The second-order valence-corrected chi connectivity index (χ2v) is 2.62. The van der Waals surface area contributed by atoms with Crippen molar-refractivity contribution in [2.45, 2.75) is 0 Å². The summed E-state index contributed by atoms with van der Waals surface area (Å²) < 4.78 is 18.5. The molecule has 1 fully saturated rings. The van der Waals surface area contributed by atoms with Crippen molar-refractivity contribution in [3.05, 3.63) is 0 Å². The van der Waals surface area contributed by atoms with Gasteiger partial charge in [0.2, 0.25) is 0 Å². The number of ether oxygens (including phenoxy) is 4. The lowest BCUT2D eigenvalue weighted by Crippen LogP contribution is -2.19. The Balaban J connectivity index is 0.000000293. The largest absolute Gasteiger partial charge is 0.508 e. The lowest BCUT2D eigenvalue weighted by atomic mass is 10.7. The first-order valence-electron chi connectivity index (χ1n) is 4.98. The number of carbonyl (C=O) groups is 1. The molecule has 0 atom stereocenters. The summed E-state index contributed by atoms with van der Waals surface area (Å²) in [5.41, 5.74) is 0. The number of rotatable bonds is 4. The highest BCUT2D eigenvalue weighted by atomic mass is 16.7. The summed E-state index contributed by atoms with van der Waals surface area (Å²) in [7, 11) is 0. The Morgan fingerprint density at radius 2 is 1.50 bits per heavy atom. The van der Waals surface area contributed by atoms with Gasteiger partial charge in [-0.2, -0.15) is 0 Å². The van der Waals surface area contributed by atoms with Crippen molar-refractivity contribution in [1.82, 2.24) is 0 Å². The van der Waals surface area contributed by atoms with Crippen LogP contribution in [0.25, 0.3) is 0 Å². The van der Waals surface area contributed by atoms with Crippen LogP contribution >= 0.6 is 0 Å². The minimum atomic E-state index is -0.599. The molecule has 96 valence electrons. The molecule has 0 aromatic heterocycles. The maximum Gasteiger partial charge on any atom is 0.508 e. The van der Waals surface area contributed by atoms with Crippen LogP contribution in [0.5, 0.6) is 0 Å². The zero-order chi connectivity index (χ0) is 12.1. The molecule has 16 heavy (non-hydrogen) atoms. The molecule has 0 unspecified atom stereocenters. The Kier molecular flexibility index (Phi) is 11.5. The van der Waals surface area contributed by atoms with Crippen molar-refractivity contribution in [2.24, 2.45) is 0 Å². The molecule has 1 heterocycles. The molecule has 1 rings (SSSR count). The van der Waals surface area contributed by atoms with Gasteiger partial charge in [-0.1, -0.05) is 0 Å². The lowest BCUT2D eigenvalue weighted by molar-refractivity contribution is -0.0180. The third-order valence-electron chi connectivity index (χ3n) is 1.37. The second-order valence-electron chi connectivity index (χ2n) is 2.62. The lowest BCUT2D eigenvalue weighted by Gasteiger charge is -2.10. The second kappa shape index (κ2) is 12.2. The van der Waals surface area contributed by atoms with Gasteiger partial charge in [-0.25, -0.2) is 4.79 Å². The van der Waals surface area contributed by atoms with Gasteiger partial charge in [-0.3, -0.25) is 0 Å². The van der Waals surface area contributed by atoms with Gasteiger partial charge in [0.15, 0.2) is 0 Å². The van der Waals surface area contributed by atoms with E-state index in [1.165, 1.54) is 0 Å². The summed E-state index contributed by atoms with van der Waals surface area (Å²) in [5.74, 6) is 0. The number of carbonyl (C=O) groups excluding carboxylic acids is 1. The molecule has 1 aliphatic rings. The maximum atomic E-state index is 10.3. The van der Waals surface area contributed by atoms with E-state index in [0.717, 1.165) is 0 Å². The normalized spacial score (nSPS) is 16.0. The van der Waals surface area contributed by atoms with E-state index >= 15 is 0 Å². The van der Waals surface area contributed by atoms with Crippen LogP contribution in [0.3, 0.4) is 0 Å². The van der Waals surface area contributed by atoms with Crippen LogP contribution in [-0.4, -0.2) is 69.2 Å². The predicted molar refractivity (Wildman–Crippen MR) is 53.1 cm³/mol. The highest BCUT2D eigenvalue weighted by Crippen LogP contribution is 1.90. The van der Waals surface area contributed by atoms with Crippen molar-refractivity contribution in [3.8, 4) is 0 Å². The summed E-state index contributed by atoms with van der Waals surface area (Å²) >= 11 is 0. The molecule has 0 spiro atoms. The van der Waals surface area contributed by atoms with E-state index in [9.17, 15) is 4.79 Å². The van der Waals surface area contributed by atoms with Crippen molar-refractivity contribution in [1.29, 1.82) is 0 Å².